The number of ether oxygens (including phenoxy) is 4. The molecule has 0 fully saturated rings. The van der Waals surface area contributed by atoms with Crippen molar-refractivity contribution in [2.45, 2.75) is 0 Å². The quantitative estimate of drug-likeness (QED) is 0.656. The van der Waals surface area contributed by atoms with E-state index in [1.54, 1.807) is 6.20 Å². The standard InChI is InChI=1S/C25H29N3O5/c29-24(27-21-7-3-5-20-6-4-10-26-25(20)21)19-28-11-13-30-15-17-32-22-8-1-2-9-23(22)33-18-16-31-14-12-28/h1-10H,11-19H2,(H,27,29). The van der Waals surface area contributed by atoms with Crippen molar-refractivity contribution in [2.75, 3.05) is 64.6 Å². The predicted octanol–water partition coefficient (Wildman–Crippen LogP) is 2.98. The van der Waals surface area contributed by atoms with Gasteiger partial charge < -0.3 is 24.3 Å². The van der Waals surface area contributed by atoms with E-state index in [1.807, 2.05) is 59.5 Å². The molecule has 8 heteroatoms. The molecule has 1 aliphatic heterocycles. The molecular weight excluding hydrogens is 422 g/mol. The molecule has 2 heterocycles. The summed E-state index contributed by atoms with van der Waals surface area (Å²) in [6, 6.07) is 17.2. The largest absolute Gasteiger partial charge is 0.487 e. The molecule has 0 aliphatic carbocycles. The molecular formula is C25H29N3O5. The van der Waals surface area contributed by atoms with Crippen LogP contribution in [0.2, 0.25) is 0 Å². The lowest BCUT2D eigenvalue weighted by Gasteiger charge is -2.22. The number of rotatable bonds is 3. The average Bonchev–Trinajstić information content (AvgIpc) is 2.84. The van der Waals surface area contributed by atoms with E-state index < -0.39 is 0 Å². The molecule has 33 heavy (non-hydrogen) atoms. The van der Waals surface area contributed by atoms with Crippen molar-refractivity contribution in [1.82, 2.24) is 9.88 Å². The van der Waals surface area contributed by atoms with Crippen LogP contribution in [0.4, 0.5) is 5.69 Å². The Morgan fingerprint density at radius 3 is 2.18 bits per heavy atom. The number of carbonyl (C=O) groups is 1. The smallest absolute Gasteiger partial charge is 0.238 e. The number of nitrogens with zero attached hydrogens (tertiary/aromatic N) is 2. The van der Waals surface area contributed by atoms with Crippen molar-refractivity contribution in [2.24, 2.45) is 0 Å². The molecule has 174 valence electrons. The maximum absolute atomic E-state index is 12.8. The zero-order chi connectivity index (χ0) is 22.7. The van der Waals surface area contributed by atoms with E-state index in [0.29, 0.717) is 69.9 Å². The van der Waals surface area contributed by atoms with Gasteiger partial charge in [0.25, 0.3) is 0 Å². The summed E-state index contributed by atoms with van der Waals surface area (Å²) in [6.07, 6.45) is 1.72. The van der Waals surface area contributed by atoms with Gasteiger partial charge in [0.1, 0.15) is 13.2 Å². The Labute approximate surface area is 193 Å². The fraction of sp³-hybridized carbons (Fsp3) is 0.360. The number of pyridine rings is 1. The van der Waals surface area contributed by atoms with Crippen molar-refractivity contribution in [3.63, 3.8) is 0 Å². The first-order valence-corrected chi connectivity index (χ1v) is 11.2. The van der Waals surface area contributed by atoms with E-state index in [0.717, 1.165) is 10.9 Å². The third-order valence-corrected chi connectivity index (χ3v) is 5.20. The number of amides is 1. The summed E-state index contributed by atoms with van der Waals surface area (Å²) in [7, 11) is 0. The Hall–Kier alpha value is -3.20. The minimum atomic E-state index is -0.104. The summed E-state index contributed by atoms with van der Waals surface area (Å²) in [5.41, 5.74) is 1.48. The van der Waals surface area contributed by atoms with Crippen molar-refractivity contribution >= 4 is 22.5 Å². The van der Waals surface area contributed by atoms with Crippen LogP contribution in [0.3, 0.4) is 0 Å². The molecule has 1 N–H and O–H groups in total. The van der Waals surface area contributed by atoms with E-state index >= 15 is 0 Å². The lowest BCUT2D eigenvalue weighted by molar-refractivity contribution is -0.117. The highest BCUT2D eigenvalue weighted by Gasteiger charge is 2.13. The number of carbonyl (C=O) groups excluding carboxylic acids is 1. The maximum Gasteiger partial charge on any atom is 0.238 e. The SMILES string of the molecule is O=C(CN1CCOCCOc2ccccc2OCCOCC1)Nc1cccc2cccnc12. The average molecular weight is 452 g/mol. The van der Waals surface area contributed by atoms with Crippen LogP contribution in [0.5, 0.6) is 11.5 Å². The van der Waals surface area contributed by atoms with Gasteiger partial charge in [-0.25, -0.2) is 0 Å². The summed E-state index contributed by atoms with van der Waals surface area (Å²) in [5, 5.41) is 3.97. The Balaban J connectivity index is 1.31. The molecule has 0 saturated heterocycles. The second kappa shape index (κ2) is 12.2. The molecule has 1 amide bonds. The van der Waals surface area contributed by atoms with E-state index in [-0.39, 0.29) is 12.5 Å². The Kier molecular flexibility index (Phi) is 8.46. The summed E-state index contributed by atoms with van der Waals surface area (Å²) >= 11 is 0. The number of aromatic nitrogens is 1. The Morgan fingerprint density at radius 2 is 1.48 bits per heavy atom. The number of anilines is 1. The second-order valence-electron chi connectivity index (χ2n) is 7.57. The molecule has 8 nitrogen and oxygen atoms in total. The van der Waals surface area contributed by atoms with E-state index in [9.17, 15) is 4.79 Å². The van der Waals surface area contributed by atoms with Crippen molar-refractivity contribution in [1.29, 1.82) is 0 Å². The molecule has 0 atom stereocenters. The Bertz CT molecular complexity index is 1000. The summed E-state index contributed by atoms with van der Waals surface area (Å²) in [4.78, 5) is 19.2. The van der Waals surface area contributed by atoms with Gasteiger partial charge >= 0.3 is 0 Å². The van der Waals surface area contributed by atoms with Crippen LogP contribution in [0.1, 0.15) is 0 Å². The van der Waals surface area contributed by atoms with Crippen molar-refractivity contribution in [3.05, 3.63) is 60.8 Å². The van der Waals surface area contributed by atoms with Gasteiger partial charge in [0.2, 0.25) is 5.91 Å². The molecule has 0 radical (unpaired) electrons. The molecule has 0 saturated carbocycles. The van der Waals surface area contributed by atoms with Crippen LogP contribution in [-0.2, 0) is 14.3 Å². The summed E-state index contributed by atoms with van der Waals surface area (Å²) in [5.74, 6) is 1.28. The first kappa shape index (κ1) is 23.0. The van der Waals surface area contributed by atoms with E-state index in [1.165, 1.54) is 0 Å². The van der Waals surface area contributed by atoms with Gasteiger partial charge in [-0.1, -0.05) is 30.3 Å². The monoisotopic (exact) mass is 451 g/mol. The zero-order valence-corrected chi connectivity index (χ0v) is 18.6. The molecule has 4 rings (SSSR count). The highest BCUT2D eigenvalue weighted by molar-refractivity contribution is 6.00. The van der Waals surface area contributed by atoms with Gasteiger partial charge in [-0.15, -0.1) is 0 Å². The molecule has 1 aliphatic rings. The molecule has 1 aromatic heterocycles. The third-order valence-electron chi connectivity index (χ3n) is 5.20. The maximum atomic E-state index is 12.8. The van der Waals surface area contributed by atoms with E-state index in [2.05, 4.69) is 10.3 Å². The van der Waals surface area contributed by atoms with Gasteiger partial charge in [-0.05, 0) is 24.3 Å². The molecule has 3 aromatic rings. The van der Waals surface area contributed by atoms with Gasteiger partial charge in [-0.2, -0.15) is 0 Å². The number of para-hydroxylation sites is 3. The first-order chi connectivity index (χ1) is 16.3. The Morgan fingerprint density at radius 1 is 0.818 bits per heavy atom. The minimum Gasteiger partial charge on any atom is -0.487 e. The molecule has 0 bridgehead atoms. The van der Waals surface area contributed by atoms with Crippen LogP contribution in [0.25, 0.3) is 10.9 Å². The lowest BCUT2D eigenvalue weighted by atomic mass is 10.2. The molecule has 0 unspecified atom stereocenters. The minimum absolute atomic E-state index is 0.104. The van der Waals surface area contributed by atoms with Gasteiger partial charge in [-0.3, -0.25) is 14.7 Å². The first-order valence-electron chi connectivity index (χ1n) is 11.2. The second-order valence-corrected chi connectivity index (χ2v) is 7.57. The number of nitrogens with one attached hydrogen (secondary N) is 1. The highest BCUT2D eigenvalue weighted by atomic mass is 16.6. The topological polar surface area (TPSA) is 82.2 Å². The van der Waals surface area contributed by atoms with Crippen molar-refractivity contribution in [3.8, 4) is 11.5 Å². The molecule has 2 aromatic carbocycles. The lowest BCUT2D eigenvalue weighted by Crippen LogP contribution is -2.38. The number of hydrogen-bond donors (Lipinski definition) is 1. The fourth-order valence-electron chi connectivity index (χ4n) is 3.57. The molecule has 0 spiro atoms. The highest BCUT2D eigenvalue weighted by Crippen LogP contribution is 2.26. The number of fused-ring (bicyclic) bond motifs is 2. The summed E-state index contributed by atoms with van der Waals surface area (Å²) < 4.78 is 23.0. The normalized spacial score (nSPS) is 16.5. The zero-order valence-electron chi connectivity index (χ0n) is 18.6. The van der Waals surface area contributed by atoms with Crippen molar-refractivity contribution < 1.29 is 23.7 Å². The van der Waals surface area contributed by atoms with Crippen LogP contribution in [0.15, 0.2) is 60.8 Å². The number of benzene rings is 2. The summed E-state index contributed by atoms with van der Waals surface area (Å²) in [6.45, 7) is 4.18. The van der Waals surface area contributed by atoms with Crippen LogP contribution in [0, 0.1) is 0 Å². The number of hydrogen-bond acceptors (Lipinski definition) is 7. The van der Waals surface area contributed by atoms with Gasteiger partial charge in [0, 0.05) is 24.7 Å². The van der Waals surface area contributed by atoms with Gasteiger partial charge in [0.05, 0.1) is 44.2 Å². The van der Waals surface area contributed by atoms with Crippen LogP contribution >= 0.6 is 0 Å². The van der Waals surface area contributed by atoms with Crippen LogP contribution < -0.4 is 14.8 Å². The predicted molar refractivity (Wildman–Crippen MR) is 126 cm³/mol. The third kappa shape index (κ3) is 6.89. The van der Waals surface area contributed by atoms with E-state index in [4.69, 9.17) is 18.9 Å². The van der Waals surface area contributed by atoms with Crippen LogP contribution in [-0.4, -0.2) is 75.1 Å². The fourth-order valence-corrected chi connectivity index (χ4v) is 3.57. The van der Waals surface area contributed by atoms with Gasteiger partial charge in [0.15, 0.2) is 11.5 Å².